The van der Waals surface area contributed by atoms with Crippen LogP contribution in [0.15, 0.2) is 40.6 Å². The van der Waals surface area contributed by atoms with Crippen LogP contribution >= 0.6 is 11.8 Å². The van der Waals surface area contributed by atoms with E-state index in [0.717, 1.165) is 44.8 Å². The smallest absolute Gasteiger partial charge is 0.197 e. The van der Waals surface area contributed by atoms with Crippen molar-refractivity contribution < 1.29 is 0 Å². The van der Waals surface area contributed by atoms with Gasteiger partial charge in [0.05, 0.1) is 22.6 Å². The minimum absolute atomic E-state index is 0.490. The summed E-state index contributed by atoms with van der Waals surface area (Å²) < 4.78 is 0. The van der Waals surface area contributed by atoms with E-state index >= 15 is 0 Å². The van der Waals surface area contributed by atoms with Gasteiger partial charge in [0.25, 0.3) is 0 Å². The van der Waals surface area contributed by atoms with Crippen LogP contribution in [0.4, 0.5) is 5.82 Å². The van der Waals surface area contributed by atoms with Crippen molar-refractivity contribution >= 4 is 39.6 Å². The fourth-order valence-electron chi connectivity index (χ4n) is 2.79. The van der Waals surface area contributed by atoms with Crippen molar-refractivity contribution in [1.29, 1.82) is 0 Å². The third-order valence-corrected chi connectivity index (χ3v) is 4.76. The van der Waals surface area contributed by atoms with Gasteiger partial charge < -0.3 is 10.7 Å². The molecule has 4 rings (SSSR count). The van der Waals surface area contributed by atoms with Crippen LogP contribution in [0.2, 0.25) is 0 Å². The van der Waals surface area contributed by atoms with E-state index in [1.165, 1.54) is 11.8 Å². The normalized spacial score (nSPS) is 11.4. The van der Waals surface area contributed by atoms with E-state index in [2.05, 4.69) is 31.8 Å². The van der Waals surface area contributed by atoms with Crippen LogP contribution in [0.3, 0.4) is 0 Å². The quantitative estimate of drug-likeness (QED) is 0.556. The summed E-state index contributed by atoms with van der Waals surface area (Å²) in [6, 6.07) is 7.76. The van der Waals surface area contributed by atoms with Crippen LogP contribution < -0.4 is 5.73 Å². The Labute approximate surface area is 142 Å². The van der Waals surface area contributed by atoms with Crippen molar-refractivity contribution in [2.45, 2.75) is 30.5 Å². The molecule has 4 aromatic rings. The van der Waals surface area contributed by atoms with E-state index in [1.807, 2.05) is 31.2 Å². The van der Waals surface area contributed by atoms with E-state index in [0.29, 0.717) is 11.0 Å². The molecule has 0 saturated carbocycles. The lowest BCUT2D eigenvalue weighted by molar-refractivity contribution is 0.984. The van der Waals surface area contributed by atoms with Crippen LogP contribution in [0.1, 0.15) is 18.2 Å². The molecule has 24 heavy (non-hydrogen) atoms. The minimum atomic E-state index is 0.490. The molecular weight excluding hydrogens is 320 g/mol. The highest BCUT2D eigenvalue weighted by atomic mass is 32.2. The van der Waals surface area contributed by atoms with Crippen molar-refractivity contribution in [3.8, 4) is 0 Å². The van der Waals surface area contributed by atoms with Crippen LogP contribution in [0, 0.1) is 6.92 Å². The number of H-pyrrole nitrogens is 1. The summed E-state index contributed by atoms with van der Waals surface area (Å²) in [5.74, 6) is 0.490. The summed E-state index contributed by atoms with van der Waals surface area (Å²) in [6.45, 7) is 4.14. The van der Waals surface area contributed by atoms with Gasteiger partial charge in [0.1, 0.15) is 16.5 Å². The van der Waals surface area contributed by atoms with Gasteiger partial charge in [-0.3, -0.25) is 4.98 Å². The number of benzene rings is 1. The van der Waals surface area contributed by atoms with Crippen LogP contribution in [0.25, 0.3) is 22.1 Å². The number of para-hydroxylation sites is 2. The monoisotopic (exact) mass is 336 g/mol. The molecule has 0 amide bonds. The molecular formula is C17H16N6S. The number of anilines is 1. The largest absolute Gasteiger partial charge is 0.383 e. The third kappa shape index (κ3) is 2.46. The molecule has 0 atom stereocenters. The molecule has 7 heteroatoms. The minimum Gasteiger partial charge on any atom is -0.383 e. The van der Waals surface area contributed by atoms with E-state index in [9.17, 15) is 0 Å². The van der Waals surface area contributed by atoms with Gasteiger partial charge in [-0.05, 0) is 42.8 Å². The van der Waals surface area contributed by atoms with Crippen molar-refractivity contribution in [1.82, 2.24) is 24.9 Å². The zero-order chi connectivity index (χ0) is 16.7. The Morgan fingerprint density at radius 1 is 1.12 bits per heavy atom. The summed E-state index contributed by atoms with van der Waals surface area (Å²) >= 11 is 1.36. The lowest BCUT2D eigenvalue weighted by Crippen LogP contribution is -1.97. The summed E-state index contributed by atoms with van der Waals surface area (Å²) in [5, 5.41) is 2.21. The summed E-state index contributed by atoms with van der Waals surface area (Å²) in [4.78, 5) is 21.4. The Kier molecular flexibility index (Phi) is 3.57. The SMILES string of the molecule is CCc1[nH]c2nc(Sc3cnc4ccccc4n3)nc(N)c2c1C. The zero-order valence-corrected chi connectivity index (χ0v) is 14.2. The average Bonchev–Trinajstić information content (AvgIpc) is 2.91. The van der Waals surface area contributed by atoms with E-state index in [-0.39, 0.29) is 0 Å². The van der Waals surface area contributed by atoms with Gasteiger partial charge in [-0.15, -0.1) is 0 Å². The molecule has 0 aliphatic heterocycles. The topological polar surface area (TPSA) is 93.4 Å². The fraction of sp³-hybridized carbons (Fsp3) is 0.176. The van der Waals surface area contributed by atoms with Crippen molar-refractivity contribution in [2.75, 3.05) is 5.73 Å². The second-order valence-electron chi connectivity index (χ2n) is 5.50. The van der Waals surface area contributed by atoms with Crippen LogP contribution in [-0.2, 0) is 6.42 Å². The first-order valence-corrected chi connectivity index (χ1v) is 8.51. The van der Waals surface area contributed by atoms with Crippen molar-refractivity contribution in [3.63, 3.8) is 0 Å². The Balaban J connectivity index is 1.75. The van der Waals surface area contributed by atoms with Crippen molar-refractivity contribution in [3.05, 3.63) is 41.7 Å². The van der Waals surface area contributed by atoms with Crippen LogP contribution in [0.5, 0.6) is 0 Å². The predicted octanol–water partition coefficient (Wildman–Crippen LogP) is 3.51. The third-order valence-electron chi connectivity index (χ3n) is 3.99. The number of aromatic amines is 1. The van der Waals surface area contributed by atoms with Gasteiger partial charge in [0, 0.05) is 5.69 Å². The zero-order valence-electron chi connectivity index (χ0n) is 13.4. The van der Waals surface area contributed by atoms with Gasteiger partial charge >= 0.3 is 0 Å². The highest BCUT2D eigenvalue weighted by molar-refractivity contribution is 7.99. The molecule has 3 aromatic heterocycles. The molecule has 1 aromatic carbocycles. The molecule has 0 spiro atoms. The first-order chi connectivity index (χ1) is 11.7. The molecule has 0 saturated heterocycles. The van der Waals surface area contributed by atoms with Gasteiger partial charge in [0.15, 0.2) is 5.16 Å². The second-order valence-corrected chi connectivity index (χ2v) is 6.48. The predicted molar refractivity (Wildman–Crippen MR) is 96.1 cm³/mol. The number of aryl methyl sites for hydroxylation is 2. The summed E-state index contributed by atoms with van der Waals surface area (Å²) in [7, 11) is 0. The highest BCUT2D eigenvalue weighted by Gasteiger charge is 2.14. The Morgan fingerprint density at radius 3 is 2.71 bits per heavy atom. The molecule has 6 nitrogen and oxygen atoms in total. The number of nitrogens with two attached hydrogens (primary N) is 1. The molecule has 0 aliphatic carbocycles. The maximum atomic E-state index is 6.15. The number of nitrogens with zero attached hydrogens (tertiary/aromatic N) is 4. The van der Waals surface area contributed by atoms with E-state index in [4.69, 9.17) is 5.73 Å². The maximum absolute atomic E-state index is 6.15. The van der Waals surface area contributed by atoms with Gasteiger partial charge in [-0.25, -0.2) is 15.0 Å². The molecule has 3 N–H and O–H groups in total. The number of hydrogen-bond donors (Lipinski definition) is 2. The molecule has 0 unspecified atom stereocenters. The number of aromatic nitrogens is 5. The number of hydrogen-bond acceptors (Lipinski definition) is 6. The lowest BCUT2D eigenvalue weighted by Gasteiger charge is -2.03. The van der Waals surface area contributed by atoms with Gasteiger partial charge in [-0.1, -0.05) is 19.1 Å². The van der Waals surface area contributed by atoms with Gasteiger partial charge in [0.2, 0.25) is 0 Å². The number of rotatable bonds is 3. The van der Waals surface area contributed by atoms with Gasteiger partial charge in [-0.2, -0.15) is 0 Å². The number of nitrogen functional groups attached to an aromatic ring is 1. The molecule has 0 aliphatic rings. The number of nitrogens with one attached hydrogen (secondary N) is 1. The second kappa shape index (κ2) is 5.76. The fourth-order valence-corrected chi connectivity index (χ4v) is 3.50. The summed E-state index contributed by atoms with van der Waals surface area (Å²) in [6.07, 6.45) is 2.63. The lowest BCUT2D eigenvalue weighted by atomic mass is 10.2. The van der Waals surface area contributed by atoms with Crippen molar-refractivity contribution in [2.24, 2.45) is 0 Å². The Morgan fingerprint density at radius 2 is 1.92 bits per heavy atom. The first kappa shape index (κ1) is 14.9. The van der Waals surface area contributed by atoms with E-state index in [1.54, 1.807) is 6.20 Å². The molecule has 120 valence electrons. The highest BCUT2D eigenvalue weighted by Crippen LogP contribution is 2.30. The van der Waals surface area contributed by atoms with Crippen LogP contribution in [-0.4, -0.2) is 24.9 Å². The molecule has 0 fully saturated rings. The summed E-state index contributed by atoms with van der Waals surface area (Å²) in [5.41, 5.74) is 10.9. The maximum Gasteiger partial charge on any atom is 0.197 e. The van der Waals surface area contributed by atoms with E-state index < -0.39 is 0 Å². The Bertz CT molecular complexity index is 1060. The first-order valence-electron chi connectivity index (χ1n) is 7.70. The standard InChI is InChI=1S/C17H16N6S/c1-3-10-9(2)14-15(18)22-17(23-16(14)21-10)24-13-8-19-11-6-4-5-7-12(11)20-13/h4-8H,3H2,1-2H3,(H3,18,21,22,23). The molecule has 3 heterocycles. The Hall–Kier alpha value is -2.67. The molecule has 0 radical (unpaired) electrons. The molecule has 0 bridgehead atoms. The average molecular weight is 336 g/mol. The number of fused-ring (bicyclic) bond motifs is 2.